The number of hydrogen-bond donors (Lipinski definition) is 2. The molecule has 9 heteroatoms. The van der Waals surface area contributed by atoms with Gasteiger partial charge >= 0.3 is 6.03 Å². The number of urea groups is 1. The summed E-state index contributed by atoms with van der Waals surface area (Å²) in [6, 6.07) is 8.64. The van der Waals surface area contributed by atoms with E-state index in [1.54, 1.807) is 0 Å². The van der Waals surface area contributed by atoms with Crippen LogP contribution in [0.4, 0.5) is 4.79 Å². The molecule has 2 rings (SSSR count). The number of nitrogens with one attached hydrogen (secondary N) is 1. The summed E-state index contributed by atoms with van der Waals surface area (Å²) >= 11 is 1.28. The van der Waals surface area contributed by atoms with Crippen LogP contribution in [0, 0.1) is 11.8 Å². The number of thioether (sulfide) groups is 1. The second-order valence-corrected chi connectivity index (χ2v) is 8.58. The summed E-state index contributed by atoms with van der Waals surface area (Å²) in [5.74, 6) is 1.48. The van der Waals surface area contributed by atoms with E-state index in [0.29, 0.717) is 23.4 Å². The van der Waals surface area contributed by atoms with Crippen LogP contribution in [-0.2, 0) is 17.9 Å². The van der Waals surface area contributed by atoms with Gasteiger partial charge in [0.2, 0.25) is 5.91 Å². The standard InChI is InChI=1S/C20H29N5O3S/c1-13(2)10-11-25-16(12-28-15-8-6-5-7-9-15)23-24-20(25)29-17(14(3)4)18(26)22-19(21)27/h5-9,13-14,17H,10-12H2,1-4H3,(H3,21,22,26,27)/t17-/m1/s1. The quantitative estimate of drug-likeness (QED) is 0.572. The fourth-order valence-corrected chi connectivity index (χ4v) is 3.67. The normalized spacial score (nSPS) is 12.2. The summed E-state index contributed by atoms with van der Waals surface area (Å²) in [7, 11) is 0. The van der Waals surface area contributed by atoms with Gasteiger partial charge in [-0.3, -0.25) is 10.1 Å². The molecule has 1 aromatic heterocycles. The van der Waals surface area contributed by atoms with Gasteiger partial charge in [-0.25, -0.2) is 4.79 Å². The molecule has 0 aliphatic carbocycles. The van der Waals surface area contributed by atoms with E-state index in [4.69, 9.17) is 10.5 Å². The van der Waals surface area contributed by atoms with E-state index in [1.165, 1.54) is 11.8 Å². The van der Waals surface area contributed by atoms with E-state index in [2.05, 4.69) is 29.4 Å². The molecule has 0 bridgehead atoms. The van der Waals surface area contributed by atoms with Crippen LogP contribution >= 0.6 is 11.8 Å². The third-order valence-electron chi connectivity index (χ3n) is 4.18. The lowest BCUT2D eigenvalue weighted by atomic mass is 10.1. The van der Waals surface area contributed by atoms with Gasteiger partial charge in [0, 0.05) is 6.54 Å². The highest BCUT2D eigenvalue weighted by Crippen LogP contribution is 2.28. The van der Waals surface area contributed by atoms with Gasteiger partial charge in [-0.15, -0.1) is 10.2 Å². The molecule has 0 aliphatic heterocycles. The molecule has 3 N–H and O–H groups in total. The van der Waals surface area contributed by atoms with Crippen molar-refractivity contribution in [2.75, 3.05) is 0 Å². The lowest BCUT2D eigenvalue weighted by Gasteiger charge is -2.19. The van der Waals surface area contributed by atoms with Crippen molar-refractivity contribution in [2.45, 2.75) is 57.7 Å². The van der Waals surface area contributed by atoms with Gasteiger partial charge in [-0.1, -0.05) is 57.7 Å². The summed E-state index contributed by atoms with van der Waals surface area (Å²) in [6.45, 7) is 9.10. The Balaban J connectivity index is 2.21. The second kappa shape index (κ2) is 10.8. The summed E-state index contributed by atoms with van der Waals surface area (Å²) in [5, 5.41) is 10.8. The van der Waals surface area contributed by atoms with Crippen LogP contribution in [0.3, 0.4) is 0 Å². The van der Waals surface area contributed by atoms with Gasteiger partial charge in [0.1, 0.15) is 12.4 Å². The highest BCUT2D eigenvalue weighted by molar-refractivity contribution is 8.00. The van der Waals surface area contributed by atoms with Crippen LogP contribution in [0.2, 0.25) is 0 Å². The zero-order chi connectivity index (χ0) is 21.4. The molecule has 3 amide bonds. The molecular weight excluding hydrogens is 390 g/mol. The number of carbonyl (C=O) groups excluding carboxylic acids is 2. The minimum atomic E-state index is -0.862. The van der Waals surface area contributed by atoms with Crippen molar-refractivity contribution >= 4 is 23.7 Å². The molecule has 1 heterocycles. The molecule has 158 valence electrons. The molecule has 29 heavy (non-hydrogen) atoms. The summed E-state index contributed by atoms with van der Waals surface area (Å²) < 4.78 is 7.82. The van der Waals surface area contributed by atoms with E-state index >= 15 is 0 Å². The number of aromatic nitrogens is 3. The first-order chi connectivity index (χ1) is 13.8. The fourth-order valence-electron chi connectivity index (χ4n) is 2.59. The van der Waals surface area contributed by atoms with E-state index < -0.39 is 17.2 Å². The highest BCUT2D eigenvalue weighted by Gasteiger charge is 2.27. The van der Waals surface area contributed by atoms with Crippen LogP contribution in [0.1, 0.15) is 39.9 Å². The average Bonchev–Trinajstić information content (AvgIpc) is 3.04. The molecule has 0 radical (unpaired) electrons. The van der Waals surface area contributed by atoms with Crippen LogP contribution in [0.15, 0.2) is 35.5 Å². The zero-order valence-corrected chi connectivity index (χ0v) is 18.1. The molecule has 0 saturated heterocycles. The van der Waals surface area contributed by atoms with E-state index in [1.807, 2.05) is 48.7 Å². The number of imide groups is 1. The topological polar surface area (TPSA) is 112 Å². The predicted molar refractivity (Wildman–Crippen MR) is 112 cm³/mol. The minimum absolute atomic E-state index is 0.0291. The maximum Gasteiger partial charge on any atom is 0.318 e. The summed E-state index contributed by atoms with van der Waals surface area (Å²) in [6.07, 6.45) is 0.934. The Morgan fingerprint density at radius 2 is 1.86 bits per heavy atom. The zero-order valence-electron chi connectivity index (χ0n) is 17.3. The molecule has 0 fully saturated rings. The largest absolute Gasteiger partial charge is 0.486 e. The lowest BCUT2D eigenvalue weighted by Crippen LogP contribution is -2.42. The monoisotopic (exact) mass is 419 g/mol. The Bertz CT molecular complexity index is 808. The van der Waals surface area contributed by atoms with Crippen LogP contribution in [-0.4, -0.2) is 32.0 Å². The first-order valence-electron chi connectivity index (χ1n) is 9.64. The Hall–Kier alpha value is -2.55. The van der Waals surface area contributed by atoms with Crippen LogP contribution in [0.25, 0.3) is 0 Å². The molecular formula is C20H29N5O3S. The van der Waals surface area contributed by atoms with Gasteiger partial charge in [-0.05, 0) is 30.4 Å². The predicted octanol–water partition coefficient (Wildman–Crippen LogP) is 3.21. The van der Waals surface area contributed by atoms with Crippen molar-refractivity contribution in [3.05, 3.63) is 36.2 Å². The smallest absolute Gasteiger partial charge is 0.318 e. The van der Waals surface area contributed by atoms with E-state index in [9.17, 15) is 9.59 Å². The average molecular weight is 420 g/mol. The number of amides is 3. The van der Waals surface area contributed by atoms with Crippen molar-refractivity contribution in [1.29, 1.82) is 0 Å². The molecule has 0 spiro atoms. The third kappa shape index (κ3) is 7.08. The number of para-hydroxylation sites is 1. The van der Waals surface area contributed by atoms with Crippen LogP contribution < -0.4 is 15.8 Å². The molecule has 2 aromatic rings. The fraction of sp³-hybridized carbons (Fsp3) is 0.500. The molecule has 0 saturated carbocycles. The van der Waals surface area contributed by atoms with Crippen molar-refractivity contribution in [3.63, 3.8) is 0 Å². The van der Waals surface area contributed by atoms with Gasteiger partial charge in [0.05, 0.1) is 5.25 Å². The molecule has 0 unspecified atom stereocenters. The molecule has 0 aliphatic rings. The Morgan fingerprint density at radius 3 is 2.45 bits per heavy atom. The van der Waals surface area contributed by atoms with Crippen LogP contribution in [0.5, 0.6) is 5.75 Å². The van der Waals surface area contributed by atoms with Crippen molar-refractivity contribution < 1.29 is 14.3 Å². The summed E-state index contributed by atoms with van der Waals surface area (Å²) in [4.78, 5) is 23.5. The molecule has 8 nitrogen and oxygen atoms in total. The first kappa shape index (κ1) is 22.7. The lowest BCUT2D eigenvalue weighted by molar-refractivity contribution is -0.120. The first-order valence-corrected chi connectivity index (χ1v) is 10.5. The SMILES string of the molecule is CC(C)CCn1c(COc2ccccc2)nnc1S[C@@H](C(=O)NC(N)=O)C(C)C. The number of hydrogen-bond acceptors (Lipinski definition) is 6. The number of primary amides is 1. The Morgan fingerprint density at radius 1 is 1.17 bits per heavy atom. The number of rotatable bonds is 10. The van der Waals surface area contributed by atoms with Crippen molar-refractivity contribution in [3.8, 4) is 5.75 Å². The maximum atomic E-state index is 12.4. The third-order valence-corrected chi connectivity index (χ3v) is 5.70. The number of nitrogens with two attached hydrogens (primary N) is 1. The van der Waals surface area contributed by atoms with Gasteiger partial charge in [0.25, 0.3) is 0 Å². The number of carbonyl (C=O) groups is 2. The van der Waals surface area contributed by atoms with Gasteiger partial charge in [0.15, 0.2) is 11.0 Å². The van der Waals surface area contributed by atoms with Gasteiger partial charge in [-0.2, -0.15) is 0 Å². The summed E-state index contributed by atoms with van der Waals surface area (Å²) in [5.41, 5.74) is 5.10. The van der Waals surface area contributed by atoms with Crippen molar-refractivity contribution in [1.82, 2.24) is 20.1 Å². The number of nitrogens with zero attached hydrogens (tertiary/aromatic N) is 3. The minimum Gasteiger partial charge on any atom is -0.486 e. The molecule has 1 aromatic carbocycles. The maximum absolute atomic E-state index is 12.4. The van der Waals surface area contributed by atoms with Gasteiger partial charge < -0.3 is 15.0 Å². The number of benzene rings is 1. The Labute approximate surface area is 175 Å². The van der Waals surface area contributed by atoms with E-state index in [-0.39, 0.29) is 12.5 Å². The second-order valence-electron chi connectivity index (χ2n) is 7.47. The van der Waals surface area contributed by atoms with E-state index in [0.717, 1.165) is 12.2 Å². The van der Waals surface area contributed by atoms with Crippen molar-refractivity contribution in [2.24, 2.45) is 17.6 Å². The highest BCUT2D eigenvalue weighted by atomic mass is 32.2. The molecule has 1 atom stereocenters. The number of ether oxygens (including phenoxy) is 1. The Kier molecular flexibility index (Phi) is 8.50.